The monoisotopic (exact) mass is 234 g/mol. The van der Waals surface area contributed by atoms with Crippen molar-refractivity contribution in [2.24, 2.45) is 0 Å². The van der Waals surface area contributed by atoms with Crippen molar-refractivity contribution in [3.63, 3.8) is 0 Å². The highest BCUT2D eigenvalue weighted by Gasteiger charge is 2.30. The van der Waals surface area contributed by atoms with Gasteiger partial charge >= 0.3 is 0 Å². The van der Waals surface area contributed by atoms with Gasteiger partial charge in [-0.1, -0.05) is 12.8 Å². The highest BCUT2D eigenvalue weighted by Crippen LogP contribution is 2.29. The van der Waals surface area contributed by atoms with Crippen molar-refractivity contribution in [1.82, 2.24) is 5.32 Å². The fourth-order valence-electron chi connectivity index (χ4n) is 2.31. The summed E-state index contributed by atoms with van der Waals surface area (Å²) in [7, 11) is 0. The lowest BCUT2D eigenvalue weighted by Crippen LogP contribution is -2.43. The van der Waals surface area contributed by atoms with Crippen LogP contribution in [0, 0.1) is 0 Å². The van der Waals surface area contributed by atoms with Crippen molar-refractivity contribution in [2.45, 2.75) is 38.1 Å². The number of hydrogen-bond donors (Lipinski definition) is 3. The van der Waals surface area contributed by atoms with E-state index in [0.29, 0.717) is 5.56 Å². The van der Waals surface area contributed by atoms with E-state index >= 15 is 0 Å². The van der Waals surface area contributed by atoms with Crippen LogP contribution in [0.15, 0.2) is 18.2 Å². The Hall–Kier alpha value is -1.71. The summed E-state index contributed by atoms with van der Waals surface area (Å²) in [4.78, 5) is 12.0. The average Bonchev–Trinajstić information content (AvgIpc) is 2.69. The molecule has 4 heteroatoms. The van der Waals surface area contributed by atoms with Gasteiger partial charge in [0.05, 0.1) is 5.69 Å². The van der Waals surface area contributed by atoms with Gasteiger partial charge in [0.25, 0.3) is 5.91 Å². The Morgan fingerprint density at radius 2 is 2.06 bits per heavy atom. The van der Waals surface area contributed by atoms with Crippen molar-refractivity contribution in [3.05, 3.63) is 23.8 Å². The minimum atomic E-state index is -0.148. The fraction of sp³-hybridized carbons (Fsp3) is 0.462. The third-order valence-electron chi connectivity index (χ3n) is 3.42. The number of carbonyl (C=O) groups is 1. The van der Waals surface area contributed by atoms with Crippen molar-refractivity contribution >= 4 is 11.6 Å². The Kier molecular flexibility index (Phi) is 2.96. The van der Waals surface area contributed by atoms with Crippen LogP contribution in [0.3, 0.4) is 0 Å². The topological polar surface area (TPSA) is 75.4 Å². The molecule has 0 atom stereocenters. The minimum absolute atomic E-state index is 0.0470. The Morgan fingerprint density at radius 3 is 2.65 bits per heavy atom. The van der Waals surface area contributed by atoms with Crippen LogP contribution in [-0.2, 0) is 0 Å². The molecule has 1 fully saturated rings. The molecule has 0 aromatic heterocycles. The second-order valence-corrected chi connectivity index (χ2v) is 5.00. The Balaban J connectivity index is 2.11. The third-order valence-corrected chi connectivity index (χ3v) is 3.42. The van der Waals surface area contributed by atoms with E-state index in [1.165, 1.54) is 6.07 Å². The van der Waals surface area contributed by atoms with E-state index in [1.54, 1.807) is 12.1 Å². The van der Waals surface area contributed by atoms with Gasteiger partial charge in [0, 0.05) is 11.1 Å². The summed E-state index contributed by atoms with van der Waals surface area (Å²) in [5.41, 5.74) is 6.13. The van der Waals surface area contributed by atoms with Gasteiger partial charge in [0.2, 0.25) is 0 Å². The number of carbonyl (C=O) groups excluding carboxylic acids is 1. The number of nitrogen functional groups attached to an aromatic ring is 1. The number of amides is 1. The average molecular weight is 234 g/mol. The summed E-state index contributed by atoms with van der Waals surface area (Å²) >= 11 is 0. The molecule has 1 aromatic carbocycles. The molecule has 0 unspecified atom stereocenters. The first-order valence-electron chi connectivity index (χ1n) is 5.91. The number of hydrogen-bond acceptors (Lipinski definition) is 3. The molecular weight excluding hydrogens is 216 g/mol. The van der Waals surface area contributed by atoms with E-state index in [2.05, 4.69) is 12.2 Å². The molecule has 1 aromatic rings. The maximum atomic E-state index is 12.0. The lowest BCUT2D eigenvalue weighted by atomic mass is 10.00. The lowest BCUT2D eigenvalue weighted by molar-refractivity contribution is 0.0907. The standard InChI is InChI=1S/C13H18N2O2/c1-13(6-2-3-7-13)15-12(17)9-4-5-10(14)11(16)8-9/h4-5,8,16H,2-3,6-7,14H2,1H3,(H,15,17). The molecular formula is C13H18N2O2. The van der Waals surface area contributed by atoms with Gasteiger partial charge in [-0.05, 0) is 38.0 Å². The summed E-state index contributed by atoms with van der Waals surface area (Å²) in [6.07, 6.45) is 4.34. The maximum absolute atomic E-state index is 12.0. The van der Waals surface area contributed by atoms with Gasteiger partial charge in [-0.3, -0.25) is 4.79 Å². The van der Waals surface area contributed by atoms with Crippen LogP contribution in [0.4, 0.5) is 5.69 Å². The number of nitrogens with one attached hydrogen (secondary N) is 1. The van der Waals surface area contributed by atoms with Crippen LogP contribution >= 0.6 is 0 Å². The van der Waals surface area contributed by atoms with Crippen LogP contribution in [-0.4, -0.2) is 16.6 Å². The predicted octanol–water partition coefficient (Wildman–Crippen LogP) is 2.04. The summed E-state index contributed by atoms with van der Waals surface area (Å²) in [6, 6.07) is 4.58. The minimum Gasteiger partial charge on any atom is -0.506 e. The van der Waals surface area contributed by atoms with Gasteiger partial charge in [-0.2, -0.15) is 0 Å². The molecule has 1 aliphatic rings. The first-order valence-corrected chi connectivity index (χ1v) is 5.91. The van der Waals surface area contributed by atoms with Crippen molar-refractivity contribution < 1.29 is 9.90 Å². The molecule has 1 amide bonds. The Bertz CT molecular complexity index is 437. The van der Waals surface area contributed by atoms with Crippen molar-refractivity contribution in [3.8, 4) is 5.75 Å². The van der Waals surface area contributed by atoms with Gasteiger partial charge < -0.3 is 16.2 Å². The smallest absolute Gasteiger partial charge is 0.251 e. The highest BCUT2D eigenvalue weighted by atomic mass is 16.3. The SMILES string of the molecule is CC1(NC(=O)c2ccc(N)c(O)c2)CCCC1. The first-order chi connectivity index (χ1) is 8.00. The number of benzene rings is 1. The van der Waals surface area contributed by atoms with Crippen LogP contribution in [0.25, 0.3) is 0 Å². The molecule has 17 heavy (non-hydrogen) atoms. The largest absolute Gasteiger partial charge is 0.506 e. The van der Waals surface area contributed by atoms with Crippen LogP contribution in [0.5, 0.6) is 5.75 Å². The van der Waals surface area contributed by atoms with E-state index in [0.717, 1.165) is 25.7 Å². The van der Waals surface area contributed by atoms with Crippen LogP contribution < -0.4 is 11.1 Å². The molecule has 92 valence electrons. The van der Waals surface area contributed by atoms with E-state index in [4.69, 9.17) is 5.73 Å². The van der Waals surface area contributed by atoms with E-state index < -0.39 is 0 Å². The van der Waals surface area contributed by atoms with E-state index in [9.17, 15) is 9.90 Å². The number of phenols is 1. The third kappa shape index (κ3) is 2.52. The number of aromatic hydroxyl groups is 1. The molecule has 4 nitrogen and oxygen atoms in total. The Morgan fingerprint density at radius 1 is 1.41 bits per heavy atom. The maximum Gasteiger partial charge on any atom is 0.251 e. The molecule has 0 radical (unpaired) electrons. The quantitative estimate of drug-likeness (QED) is 0.541. The van der Waals surface area contributed by atoms with E-state index in [1.807, 2.05) is 0 Å². The van der Waals surface area contributed by atoms with Crippen molar-refractivity contribution in [1.29, 1.82) is 0 Å². The summed E-state index contributed by atoms with van der Waals surface area (Å²) in [6.45, 7) is 2.06. The molecule has 4 N–H and O–H groups in total. The summed E-state index contributed by atoms with van der Waals surface area (Å²) in [5.74, 6) is -0.195. The first kappa shape index (κ1) is 11.8. The zero-order chi connectivity index (χ0) is 12.5. The molecule has 1 aliphatic carbocycles. The molecule has 0 saturated heterocycles. The molecule has 0 bridgehead atoms. The molecule has 2 rings (SSSR count). The molecule has 0 spiro atoms. The molecule has 0 heterocycles. The van der Waals surface area contributed by atoms with E-state index in [-0.39, 0.29) is 22.9 Å². The zero-order valence-electron chi connectivity index (χ0n) is 9.99. The number of phenolic OH excluding ortho intramolecular Hbond substituents is 1. The fourth-order valence-corrected chi connectivity index (χ4v) is 2.31. The molecule has 1 saturated carbocycles. The number of rotatable bonds is 2. The van der Waals surface area contributed by atoms with Gasteiger partial charge in [0.1, 0.15) is 5.75 Å². The zero-order valence-corrected chi connectivity index (χ0v) is 9.99. The van der Waals surface area contributed by atoms with Gasteiger partial charge in [0.15, 0.2) is 0 Å². The second kappa shape index (κ2) is 4.28. The predicted molar refractivity (Wildman–Crippen MR) is 66.9 cm³/mol. The van der Waals surface area contributed by atoms with Crippen LogP contribution in [0.2, 0.25) is 0 Å². The van der Waals surface area contributed by atoms with Crippen molar-refractivity contribution in [2.75, 3.05) is 5.73 Å². The van der Waals surface area contributed by atoms with Crippen LogP contribution in [0.1, 0.15) is 43.0 Å². The number of anilines is 1. The molecule has 0 aliphatic heterocycles. The van der Waals surface area contributed by atoms with Gasteiger partial charge in [-0.25, -0.2) is 0 Å². The summed E-state index contributed by atoms with van der Waals surface area (Å²) in [5, 5.41) is 12.5. The van der Waals surface area contributed by atoms with Gasteiger partial charge in [-0.15, -0.1) is 0 Å². The highest BCUT2D eigenvalue weighted by molar-refractivity contribution is 5.95. The number of nitrogens with two attached hydrogens (primary N) is 1. The summed E-state index contributed by atoms with van der Waals surface area (Å²) < 4.78 is 0. The second-order valence-electron chi connectivity index (χ2n) is 5.00. The normalized spacial score (nSPS) is 17.9. The Labute approximate surface area is 101 Å². The lowest BCUT2D eigenvalue weighted by Gasteiger charge is -2.25.